The Bertz CT molecular complexity index is 1160. The third kappa shape index (κ3) is 4.55. The van der Waals surface area contributed by atoms with E-state index in [1.807, 2.05) is 12.1 Å². The van der Waals surface area contributed by atoms with Crippen LogP contribution in [0.1, 0.15) is 18.4 Å². The third-order valence-electron chi connectivity index (χ3n) is 5.41. The molecule has 0 unspecified atom stereocenters. The number of rotatable bonds is 0. The molecule has 1 aromatic heterocycles. The highest BCUT2D eigenvalue weighted by atomic mass is 35.5. The van der Waals surface area contributed by atoms with Gasteiger partial charge in [0.1, 0.15) is 11.6 Å². The monoisotopic (exact) mass is 450 g/mol. The van der Waals surface area contributed by atoms with Gasteiger partial charge in [-0.25, -0.2) is 4.98 Å². The second-order valence-corrected chi connectivity index (χ2v) is 8.16. The van der Waals surface area contributed by atoms with Gasteiger partial charge in [0.25, 0.3) is 0 Å². The number of nitrogens with one attached hydrogen (secondary N) is 3. The van der Waals surface area contributed by atoms with Gasteiger partial charge in [-0.3, -0.25) is 4.79 Å². The molecule has 164 valence electrons. The molecule has 2 aromatic carbocycles. The minimum atomic E-state index is 0.0453. The molecular weight excluding hydrogens is 428 g/mol. The lowest BCUT2D eigenvalue weighted by molar-refractivity contribution is -0.120. The highest BCUT2D eigenvalue weighted by molar-refractivity contribution is 6.31. The molecule has 1 amide bonds. The molecule has 2 aliphatic heterocycles. The van der Waals surface area contributed by atoms with Crippen molar-refractivity contribution >= 4 is 46.3 Å². The summed E-state index contributed by atoms with van der Waals surface area (Å²) in [6.07, 6.45) is 2.84. The first kappa shape index (κ1) is 20.4. The van der Waals surface area contributed by atoms with Gasteiger partial charge in [-0.2, -0.15) is 4.98 Å². The van der Waals surface area contributed by atoms with Gasteiger partial charge in [-0.15, -0.1) is 0 Å². The van der Waals surface area contributed by atoms with Crippen molar-refractivity contribution in [1.82, 2.24) is 15.3 Å². The van der Waals surface area contributed by atoms with E-state index in [1.54, 1.807) is 24.4 Å². The minimum Gasteiger partial charge on any atom is -0.491 e. The quantitative estimate of drug-likeness (QED) is 0.472. The molecule has 0 aliphatic carbocycles. The van der Waals surface area contributed by atoms with Gasteiger partial charge in [0.15, 0.2) is 0 Å². The van der Waals surface area contributed by atoms with Crippen LogP contribution in [0.25, 0.3) is 0 Å². The third-order valence-corrected chi connectivity index (χ3v) is 5.65. The molecule has 5 rings (SSSR count). The first-order valence-corrected chi connectivity index (χ1v) is 11.0. The molecule has 4 bridgehead atoms. The maximum atomic E-state index is 12.2. The second-order valence-electron chi connectivity index (χ2n) is 7.72. The smallest absolute Gasteiger partial charge is 0.229 e. The number of carbonyl (C=O) groups excluding carboxylic acids is 1. The molecule has 2 aliphatic rings. The molecule has 3 N–H and O–H groups in total. The summed E-state index contributed by atoms with van der Waals surface area (Å²) in [5.74, 6) is 1.80. The Morgan fingerprint density at radius 3 is 2.97 bits per heavy atom. The van der Waals surface area contributed by atoms with Crippen LogP contribution in [0.4, 0.5) is 28.8 Å². The second kappa shape index (κ2) is 8.92. The van der Waals surface area contributed by atoms with Crippen molar-refractivity contribution < 1.29 is 9.53 Å². The molecule has 3 heterocycles. The fourth-order valence-corrected chi connectivity index (χ4v) is 3.93. The van der Waals surface area contributed by atoms with E-state index in [1.165, 1.54) is 5.56 Å². The number of aromatic nitrogens is 2. The van der Waals surface area contributed by atoms with Crippen LogP contribution < -0.4 is 25.6 Å². The Kier molecular flexibility index (Phi) is 5.68. The van der Waals surface area contributed by atoms with Crippen LogP contribution in [0.5, 0.6) is 5.75 Å². The number of nitrogens with zero attached hydrogens (tertiary/aromatic N) is 3. The predicted molar refractivity (Wildman–Crippen MR) is 125 cm³/mol. The Balaban J connectivity index is 1.43. The van der Waals surface area contributed by atoms with E-state index in [-0.39, 0.29) is 5.91 Å². The molecule has 3 aromatic rings. The summed E-state index contributed by atoms with van der Waals surface area (Å²) in [4.78, 5) is 23.3. The average Bonchev–Trinajstić information content (AvgIpc) is 2.76. The van der Waals surface area contributed by atoms with Gasteiger partial charge < -0.3 is 25.6 Å². The van der Waals surface area contributed by atoms with Crippen molar-refractivity contribution in [3.05, 3.63) is 59.2 Å². The molecule has 0 radical (unpaired) electrons. The van der Waals surface area contributed by atoms with Gasteiger partial charge in [-0.05, 0) is 48.4 Å². The first-order valence-electron chi connectivity index (χ1n) is 10.6. The van der Waals surface area contributed by atoms with Gasteiger partial charge >= 0.3 is 0 Å². The van der Waals surface area contributed by atoms with Gasteiger partial charge in [-0.1, -0.05) is 17.7 Å². The van der Waals surface area contributed by atoms with Crippen LogP contribution in [0.3, 0.4) is 0 Å². The number of hydrogen-bond acceptors (Lipinski definition) is 7. The SMILES string of the molecule is O=C1CCN2Cc3ccc(cc32)Nc2nccc(n2)Nc2cc(Cl)ccc2OCCCN1. The Morgan fingerprint density at radius 2 is 2.03 bits per heavy atom. The Morgan fingerprint density at radius 1 is 1.09 bits per heavy atom. The summed E-state index contributed by atoms with van der Waals surface area (Å²) in [5, 5.41) is 10.1. The minimum absolute atomic E-state index is 0.0453. The largest absolute Gasteiger partial charge is 0.491 e. The van der Waals surface area contributed by atoms with Crippen LogP contribution in [0, 0.1) is 0 Å². The van der Waals surface area contributed by atoms with Crippen molar-refractivity contribution in [3.63, 3.8) is 0 Å². The number of hydrogen-bond donors (Lipinski definition) is 3. The lowest BCUT2D eigenvalue weighted by atomic mass is 10.0. The number of carbonyl (C=O) groups is 1. The molecule has 0 saturated carbocycles. The molecular formula is C23H23ClN6O2. The first-order chi connectivity index (χ1) is 15.6. The number of fused-ring (bicyclic) bond motifs is 4. The van der Waals surface area contributed by atoms with Crippen LogP contribution in [0.2, 0.25) is 5.02 Å². The van der Waals surface area contributed by atoms with E-state index in [2.05, 4.69) is 43.0 Å². The molecule has 8 nitrogen and oxygen atoms in total. The van der Waals surface area contributed by atoms with E-state index in [4.69, 9.17) is 16.3 Å². The standard InChI is InChI=1S/C23H23ClN6O2/c24-16-3-5-20-18(12-16)28-21-6-9-26-23(29-21)27-17-4-2-15-14-30(19(15)13-17)10-7-22(31)25-8-1-11-32-20/h2-6,9,12-13H,1,7-8,10-11,14H2,(H,25,31)(H2,26,27,28,29). The van der Waals surface area contributed by atoms with E-state index in [0.29, 0.717) is 60.8 Å². The fourth-order valence-electron chi connectivity index (χ4n) is 3.76. The zero-order chi connectivity index (χ0) is 21.9. The topological polar surface area (TPSA) is 91.4 Å². The number of ether oxygens (including phenoxy) is 1. The lowest BCUT2D eigenvalue weighted by Crippen LogP contribution is -2.36. The molecule has 0 saturated heterocycles. The van der Waals surface area contributed by atoms with E-state index in [0.717, 1.165) is 17.9 Å². The molecule has 0 atom stereocenters. The van der Waals surface area contributed by atoms with E-state index < -0.39 is 0 Å². The predicted octanol–water partition coefficient (Wildman–Crippen LogP) is 4.23. The molecule has 0 fully saturated rings. The molecule has 32 heavy (non-hydrogen) atoms. The zero-order valence-corrected chi connectivity index (χ0v) is 18.2. The number of amides is 1. The Hall–Kier alpha value is -3.52. The summed E-state index contributed by atoms with van der Waals surface area (Å²) < 4.78 is 5.93. The summed E-state index contributed by atoms with van der Waals surface area (Å²) >= 11 is 6.20. The average molecular weight is 451 g/mol. The van der Waals surface area contributed by atoms with Crippen LogP contribution in [-0.2, 0) is 11.3 Å². The summed E-state index contributed by atoms with van der Waals surface area (Å²) in [5.41, 5.74) is 4.00. The van der Waals surface area contributed by atoms with Crippen LogP contribution in [-0.4, -0.2) is 35.6 Å². The van der Waals surface area contributed by atoms with Crippen molar-refractivity contribution in [2.75, 3.05) is 35.2 Å². The van der Waals surface area contributed by atoms with Crippen molar-refractivity contribution in [3.8, 4) is 5.75 Å². The lowest BCUT2D eigenvalue weighted by Gasteiger charge is -2.36. The summed E-state index contributed by atoms with van der Waals surface area (Å²) in [7, 11) is 0. The zero-order valence-electron chi connectivity index (χ0n) is 17.4. The van der Waals surface area contributed by atoms with Gasteiger partial charge in [0.2, 0.25) is 11.9 Å². The summed E-state index contributed by atoms with van der Waals surface area (Å²) in [6.45, 7) is 2.57. The number of anilines is 5. The maximum Gasteiger partial charge on any atom is 0.229 e. The molecule has 9 heteroatoms. The van der Waals surface area contributed by atoms with Crippen molar-refractivity contribution in [2.45, 2.75) is 19.4 Å². The highest BCUT2D eigenvalue weighted by Gasteiger charge is 2.23. The number of benzene rings is 2. The van der Waals surface area contributed by atoms with E-state index in [9.17, 15) is 4.79 Å². The van der Waals surface area contributed by atoms with Gasteiger partial charge in [0.05, 0.1) is 12.3 Å². The fraction of sp³-hybridized carbons (Fsp3) is 0.261. The van der Waals surface area contributed by atoms with E-state index >= 15 is 0 Å². The normalized spacial score (nSPS) is 15.9. The van der Waals surface area contributed by atoms with Gasteiger partial charge in [0, 0.05) is 48.6 Å². The number of halogens is 1. The Labute approximate surface area is 191 Å². The summed E-state index contributed by atoms with van der Waals surface area (Å²) in [6, 6.07) is 13.3. The van der Waals surface area contributed by atoms with Crippen molar-refractivity contribution in [1.29, 1.82) is 0 Å². The maximum absolute atomic E-state index is 12.2. The van der Waals surface area contributed by atoms with Crippen LogP contribution in [0.15, 0.2) is 48.7 Å². The molecule has 0 spiro atoms. The van der Waals surface area contributed by atoms with Crippen molar-refractivity contribution in [2.24, 2.45) is 0 Å². The van der Waals surface area contributed by atoms with Crippen LogP contribution >= 0.6 is 11.6 Å². The highest BCUT2D eigenvalue weighted by Crippen LogP contribution is 2.36.